The number of pyridine rings is 1. The van der Waals surface area contributed by atoms with E-state index in [0.29, 0.717) is 29.5 Å². The second-order valence-corrected chi connectivity index (χ2v) is 5.75. The Morgan fingerprint density at radius 3 is 2.48 bits per heavy atom. The van der Waals surface area contributed by atoms with Crippen molar-refractivity contribution in [2.75, 3.05) is 11.9 Å². The number of amides is 1. The smallest absolute Gasteiger partial charge is 0.233 e. The molecule has 2 aromatic heterocycles. The molecular weight excluding hydrogens is 357 g/mol. The Morgan fingerprint density at radius 2 is 1.96 bits per heavy atom. The maximum atomic E-state index is 12.4. The summed E-state index contributed by atoms with van der Waals surface area (Å²) in [6, 6.07) is 5.58. The summed E-state index contributed by atoms with van der Waals surface area (Å²) in [6.07, 6.45) is 3.08. The molecule has 23 heavy (non-hydrogen) atoms. The van der Waals surface area contributed by atoms with E-state index in [4.69, 9.17) is 5.73 Å². The first kappa shape index (κ1) is 21.7. The van der Waals surface area contributed by atoms with Crippen molar-refractivity contribution < 1.29 is 4.79 Å². The molecule has 9 heteroatoms. The van der Waals surface area contributed by atoms with Gasteiger partial charge >= 0.3 is 0 Å². The second kappa shape index (κ2) is 9.77. The minimum Gasteiger partial charge on any atom is -0.329 e. The number of nitrogens with one attached hydrogen (secondary N) is 1. The van der Waals surface area contributed by atoms with E-state index in [2.05, 4.69) is 20.5 Å². The second-order valence-electron chi connectivity index (χ2n) is 4.77. The zero-order chi connectivity index (χ0) is 15.3. The number of anilines is 1. The van der Waals surface area contributed by atoms with Crippen molar-refractivity contribution >= 4 is 47.2 Å². The summed E-state index contributed by atoms with van der Waals surface area (Å²) < 4.78 is 0. The first-order valence-corrected chi connectivity index (χ1v) is 7.73. The largest absolute Gasteiger partial charge is 0.329 e. The fraction of sp³-hybridized carbons (Fsp3) is 0.429. The van der Waals surface area contributed by atoms with Gasteiger partial charge in [0.25, 0.3) is 0 Å². The van der Waals surface area contributed by atoms with Crippen molar-refractivity contribution in [3.63, 3.8) is 0 Å². The third-order valence-electron chi connectivity index (χ3n) is 3.76. The van der Waals surface area contributed by atoms with Crippen molar-refractivity contribution in [2.24, 2.45) is 11.1 Å². The van der Waals surface area contributed by atoms with Crippen LogP contribution in [0.2, 0.25) is 0 Å². The Labute approximate surface area is 152 Å². The van der Waals surface area contributed by atoms with Crippen LogP contribution in [0, 0.1) is 5.41 Å². The SMILES string of the molecule is CCC(CC)(CN)C(=O)Nc1nnc(-c2ccccn2)s1.Cl.Cl. The summed E-state index contributed by atoms with van der Waals surface area (Å²) >= 11 is 1.30. The molecule has 2 heterocycles. The van der Waals surface area contributed by atoms with Gasteiger partial charge in [-0.1, -0.05) is 31.3 Å². The number of halogens is 2. The number of carbonyl (C=O) groups is 1. The Morgan fingerprint density at radius 1 is 1.26 bits per heavy atom. The number of hydrogen-bond acceptors (Lipinski definition) is 6. The van der Waals surface area contributed by atoms with Gasteiger partial charge in [0.15, 0.2) is 5.01 Å². The Hall–Kier alpha value is -1.28. The number of rotatable bonds is 6. The van der Waals surface area contributed by atoms with E-state index < -0.39 is 5.41 Å². The quantitative estimate of drug-likeness (QED) is 0.805. The predicted molar refractivity (Wildman–Crippen MR) is 98.3 cm³/mol. The van der Waals surface area contributed by atoms with Gasteiger partial charge in [-0.3, -0.25) is 15.1 Å². The summed E-state index contributed by atoms with van der Waals surface area (Å²) in [6.45, 7) is 4.25. The van der Waals surface area contributed by atoms with Gasteiger partial charge in [-0.2, -0.15) is 0 Å². The van der Waals surface area contributed by atoms with Crippen molar-refractivity contribution in [3.8, 4) is 10.7 Å². The molecule has 6 nitrogen and oxygen atoms in total. The lowest BCUT2D eigenvalue weighted by Gasteiger charge is -2.27. The van der Waals surface area contributed by atoms with Crippen molar-refractivity contribution in [2.45, 2.75) is 26.7 Å². The fourth-order valence-corrected chi connectivity index (χ4v) is 2.76. The van der Waals surface area contributed by atoms with E-state index in [-0.39, 0.29) is 30.7 Å². The normalized spacial score (nSPS) is 10.4. The average Bonchev–Trinajstić information content (AvgIpc) is 2.99. The van der Waals surface area contributed by atoms with Crippen molar-refractivity contribution in [1.82, 2.24) is 15.2 Å². The first-order valence-electron chi connectivity index (χ1n) is 6.91. The molecule has 0 saturated heterocycles. The van der Waals surface area contributed by atoms with Crippen LogP contribution in [0.1, 0.15) is 26.7 Å². The Bertz CT molecular complexity index is 596. The van der Waals surface area contributed by atoms with Gasteiger partial charge in [0, 0.05) is 12.7 Å². The molecule has 0 bridgehead atoms. The lowest BCUT2D eigenvalue weighted by atomic mass is 9.81. The van der Waals surface area contributed by atoms with Gasteiger partial charge in [0.05, 0.1) is 5.41 Å². The van der Waals surface area contributed by atoms with E-state index >= 15 is 0 Å². The van der Waals surface area contributed by atoms with Gasteiger partial charge < -0.3 is 5.73 Å². The van der Waals surface area contributed by atoms with Crippen molar-refractivity contribution in [1.29, 1.82) is 0 Å². The molecule has 2 aromatic rings. The minimum absolute atomic E-state index is 0. The maximum Gasteiger partial charge on any atom is 0.233 e. The Balaban J connectivity index is 0.00000242. The average molecular weight is 378 g/mol. The first-order chi connectivity index (χ1) is 10.1. The summed E-state index contributed by atoms with van der Waals surface area (Å²) in [4.78, 5) is 16.6. The lowest BCUT2D eigenvalue weighted by Crippen LogP contribution is -2.41. The number of hydrogen-bond donors (Lipinski definition) is 2. The molecule has 0 aromatic carbocycles. The maximum absolute atomic E-state index is 12.4. The monoisotopic (exact) mass is 377 g/mol. The summed E-state index contributed by atoms with van der Waals surface area (Å²) in [7, 11) is 0. The van der Waals surface area contributed by atoms with E-state index in [9.17, 15) is 4.79 Å². The Kier molecular flexibility index (Phi) is 9.23. The van der Waals surface area contributed by atoms with Gasteiger partial charge in [-0.15, -0.1) is 35.0 Å². The van der Waals surface area contributed by atoms with Gasteiger partial charge in [-0.05, 0) is 25.0 Å². The van der Waals surface area contributed by atoms with Crippen LogP contribution in [0.15, 0.2) is 24.4 Å². The topological polar surface area (TPSA) is 93.8 Å². The van der Waals surface area contributed by atoms with E-state index in [1.165, 1.54) is 11.3 Å². The number of aromatic nitrogens is 3. The minimum atomic E-state index is -0.545. The molecule has 0 unspecified atom stereocenters. The molecule has 0 saturated carbocycles. The zero-order valence-electron chi connectivity index (χ0n) is 13.0. The van der Waals surface area contributed by atoms with Crippen LogP contribution in [0.5, 0.6) is 0 Å². The molecule has 0 atom stereocenters. The van der Waals surface area contributed by atoms with Crippen LogP contribution < -0.4 is 11.1 Å². The molecule has 0 spiro atoms. The molecule has 1 amide bonds. The fourth-order valence-electron chi connectivity index (χ4n) is 2.05. The molecule has 3 N–H and O–H groups in total. The molecular formula is C14H21Cl2N5OS. The van der Waals surface area contributed by atoms with Crippen LogP contribution in [-0.2, 0) is 4.79 Å². The highest BCUT2D eigenvalue weighted by molar-refractivity contribution is 7.18. The van der Waals surface area contributed by atoms with Crippen LogP contribution in [-0.4, -0.2) is 27.6 Å². The summed E-state index contributed by atoms with van der Waals surface area (Å²) in [5.41, 5.74) is 5.97. The number of nitrogens with zero attached hydrogens (tertiary/aromatic N) is 3. The molecule has 0 radical (unpaired) electrons. The molecule has 0 aliphatic rings. The zero-order valence-corrected chi connectivity index (χ0v) is 15.4. The number of nitrogens with two attached hydrogens (primary N) is 1. The predicted octanol–water partition coefficient (Wildman–Crippen LogP) is 3.15. The molecule has 0 fully saturated rings. The molecule has 0 aliphatic heterocycles. The van der Waals surface area contributed by atoms with E-state index in [0.717, 1.165) is 5.69 Å². The van der Waals surface area contributed by atoms with Crippen LogP contribution in [0.3, 0.4) is 0 Å². The third-order valence-corrected chi connectivity index (χ3v) is 4.62. The van der Waals surface area contributed by atoms with Crippen LogP contribution in [0.4, 0.5) is 5.13 Å². The molecule has 0 aliphatic carbocycles. The lowest BCUT2D eigenvalue weighted by molar-refractivity contribution is -0.125. The van der Waals surface area contributed by atoms with Crippen LogP contribution >= 0.6 is 36.2 Å². The summed E-state index contributed by atoms with van der Waals surface area (Å²) in [5.74, 6) is -0.0984. The third kappa shape index (κ3) is 4.84. The molecule has 128 valence electrons. The van der Waals surface area contributed by atoms with Crippen molar-refractivity contribution in [3.05, 3.63) is 24.4 Å². The van der Waals surface area contributed by atoms with E-state index in [1.807, 2.05) is 32.0 Å². The van der Waals surface area contributed by atoms with Crippen LogP contribution in [0.25, 0.3) is 10.7 Å². The van der Waals surface area contributed by atoms with Gasteiger partial charge in [-0.25, -0.2) is 0 Å². The van der Waals surface area contributed by atoms with Gasteiger partial charge in [0.2, 0.25) is 11.0 Å². The van der Waals surface area contributed by atoms with Gasteiger partial charge in [0.1, 0.15) is 5.69 Å². The number of carbonyl (C=O) groups excluding carboxylic acids is 1. The highest BCUT2D eigenvalue weighted by Gasteiger charge is 2.33. The van der Waals surface area contributed by atoms with E-state index in [1.54, 1.807) is 6.20 Å². The highest BCUT2D eigenvalue weighted by Crippen LogP contribution is 2.29. The standard InChI is InChI=1S/C14H19N5OS.2ClH/c1-3-14(4-2,9-15)12(20)17-13-19-18-11(21-13)10-7-5-6-8-16-10;;/h5-8H,3-4,9,15H2,1-2H3,(H,17,19,20);2*1H. The molecule has 2 rings (SSSR count). The highest BCUT2D eigenvalue weighted by atomic mass is 35.5. The summed E-state index contributed by atoms with van der Waals surface area (Å²) in [5, 5.41) is 12.0.